The number of hydrogen-bond donors (Lipinski definition) is 2. The molecular formula is C24H20ClN3O3. The molecule has 0 aliphatic carbocycles. The lowest BCUT2D eigenvalue weighted by Gasteiger charge is -2.19. The Morgan fingerprint density at radius 2 is 1.71 bits per heavy atom. The fraction of sp³-hybridized carbons (Fsp3) is 0.125. The first kappa shape index (κ1) is 20.6. The Bertz CT molecular complexity index is 1230. The Morgan fingerprint density at radius 1 is 1.00 bits per heavy atom. The number of hydrogen-bond acceptors (Lipinski definition) is 3. The van der Waals surface area contributed by atoms with Crippen LogP contribution in [0.5, 0.6) is 0 Å². The summed E-state index contributed by atoms with van der Waals surface area (Å²) < 4.78 is 0. The molecule has 1 heterocycles. The number of nitro benzene ring substituents is 1. The molecule has 1 aromatic heterocycles. The van der Waals surface area contributed by atoms with Gasteiger partial charge in [0.15, 0.2) is 0 Å². The highest BCUT2D eigenvalue weighted by atomic mass is 35.5. The van der Waals surface area contributed by atoms with Crippen LogP contribution in [0.25, 0.3) is 10.9 Å². The maximum Gasteiger partial charge on any atom is 0.269 e. The highest BCUT2D eigenvalue weighted by Crippen LogP contribution is 2.34. The Kier molecular flexibility index (Phi) is 6.00. The molecule has 1 atom stereocenters. The quantitative estimate of drug-likeness (QED) is 0.309. The molecule has 0 saturated carbocycles. The molecule has 0 saturated heterocycles. The first-order chi connectivity index (χ1) is 15.0. The smallest absolute Gasteiger partial charge is 0.269 e. The van der Waals surface area contributed by atoms with Crippen LogP contribution < -0.4 is 5.32 Å². The van der Waals surface area contributed by atoms with Crippen LogP contribution >= 0.6 is 11.6 Å². The number of halogens is 1. The van der Waals surface area contributed by atoms with Crippen molar-refractivity contribution in [3.05, 3.63) is 111 Å². The second kappa shape index (κ2) is 9.02. The molecular weight excluding hydrogens is 414 g/mol. The van der Waals surface area contributed by atoms with E-state index in [9.17, 15) is 14.9 Å². The van der Waals surface area contributed by atoms with E-state index in [-0.39, 0.29) is 23.9 Å². The van der Waals surface area contributed by atoms with Gasteiger partial charge in [0.1, 0.15) is 0 Å². The summed E-state index contributed by atoms with van der Waals surface area (Å²) in [6.07, 6.45) is 2.10. The third-order valence-corrected chi connectivity index (χ3v) is 5.64. The third kappa shape index (κ3) is 4.59. The van der Waals surface area contributed by atoms with Crippen LogP contribution in [0.1, 0.15) is 22.6 Å². The normalized spacial score (nSPS) is 11.9. The fourth-order valence-corrected chi connectivity index (χ4v) is 3.99. The van der Waals surface area contributed by atoms with Gasteiger partial charge < -0.3 is 10.3 Å². The number of nitro groups is 1. The summed E-state index contributed by atoms with van der Waals surface area (Å²) >= 11 is 6.49. The number of aromatic amines is 1. The summed E-state index contributed by atoms with van der Waals surface area (Å²) in [4.78, 5) is 26.2. The molecule has 0 spiro atoms. The molecule has 1 amide bonds. The van der Waals surface area contributed by atoms with Crippen molar-refractivity contribution in [2.45, 2.75) is 12.3 Å². The molecule has 0 radical (unpaired) electrons. The number of amides is 1. The average Bonchev–Trinajstić information content (AvgIpc) is 3.19. The molecule has 1 unspecified atom stereocenters. The summed E-state index contributed by atoms with van der Waals surface area (Å²) in [6.45, 7) is 0.372. The minimum absolute atomic E-state index is 0.00211. The predicted octanol–water partition coefficient (Wildman–Crippen LogP) is 5.22. The number of rotatable bonds is 7. The number of para-hydroxylation sites is 1. The van der Waals surface area contributed by atoms with E-state index in [1.165, 1.54) is 12.1 Å². The van der Waals surface area contributed by atoms with Crippen molar-refractivity contribution in [1.29, 1.82) is 0 Å². The maximum absolute atomic E-state index is 12.6. The minimum atomic E-state index is -0.459. The first-order valence-electron chi connectivity index (χ1n) is 9.83. The van der Waals surface area contributed by atoms with Gasteiger partial charge in [0.05, 0.1) is 11.3 Å². The lowest BCUT2D eigenvalue weighted by molar-refractivity contribution is -0.384. The SMILES string of the molecule is O=C(Cc1ccc([N+](=O)[O-])cc1)NCC(c1ccccc1Cl)c1c[nH]c2ccccc12. The Hall–Kier alpha value is -3.64. The van der Waals surface area contributed by atoms with Crippen molar-refractivity contribution in [3.63, 3.8) is 0 Å². The molecule has 4 aromatic rings. The molecule has 0 fully saturated rings. The van der Waals surface area contributed by atoms with E-state index in [1.54, 1.807) is 12.1 Å². The topological polar surface area (TPSA) is 88.0 Å². The number of carbonyl (C=O) groups is 1. The summed E-state index contributed by atoms with van der Waals surface area (Å²) in [7, 11) is 0. The van der Waals surface area contributed by atoms with Gasteiger partial charge in [0, 0.05) is 46.7 Å². The first-order valence-corrected chi connectivity index (χ1v) is 10.2. The van der Waals surface area contributed by atoms with Gasteiger partial charge in [0.25, 0.3) is 5.69 Å². The lowest BCUT2D eigenvalue weighted by Crippen LogP contribution is -2.30. The zero-order valence-corrected chi connectivity index (χ0v) is 17.3. The molecule has 0 aliphatic rings. The van der Waals surface area contributed by atoms with Gasteiger partial charge in [-0.3, -0.25) is 14.9 Å². The average molecular weight is 434 g/mol. The molecule has 7 heteroatoms. The highest BCUT2D eigenvalue weighted by molar-refractivity contribution is 6.31. The second-order valence-corrected chi connectivity index (χ2v) is 7.68. The predicted molar refractivity (Wildman–Crippen MR) is 121 cm³/mol. The number of fused-ring (bicyclic) bond motifs is 1. The van der Waals surface area contributed by atoms with Crippen molar-refractivity contribution in [1.82, 2.24) is 10.3 Å². The summed E-state index contributed by atoms with van der Waals surface area (Å²) in [5.74, 6) is -0.295. The van der Waals surface area contributed by atoms with E-state index in [0.717, 1.165) is 22.0 Å². The maximum atomic E-state index is 12.6. The van der Waals surface area contributed by atoms with E-state index in [2.05, 4.69) is 10.3 Å². The van der Waals surface area contributed by atoms with Crippen molar-refractivity contribution in [2.24, 2.45) is 0 Å². The van der Waals surface area contributed by atoms with Crippen LogP contribution in [-0.4, -0.2) is 22.4 Å². The number of H-pyrrole nitrogens is 1. The van der Waals surface area contributed by atoms with Crippen LogP contribution in [-0.2, 0) is 11.2 Å². The summed E-state index contributed by atoms with van der Waals surface area (Å²) in [5, 5.41) is 15.5. The second-order valence-electron chi connectivity index (χ2n) is 7.27. The van der Waals surface area contributed by atoms with Crippen LogP contribution in [0.3, 0.4) is 0 Å². The van der Waals surface area contributed by atoms with Gasteiger partial charge in [0.2, 0.25) is 5.91 Å². The van der Waals surface area contributed by atoms with Crippen molar-refractivity contribution in [3.8, 4) is 0 Å². The number of nitrogens with zero attached hydrogens (tertiary/aromatic N) is 1. The van der Waals surface area contributed by atoms with Crippen LogP contribution in [0, 0.1) is 10.1 Å². The number of non-ortho nitro benzene ring substituents is 1. The van der Waals surface area contributed by atoms with Crippen molar-refractivity contribution in [2.75, 3.05) is 6.54 Å². The number of nitrogens with one attached hydrogen (secondary N) is 2. The van der Waals surface area contributed by atoms with Gasteiger partial charge in [-0.1, -0.05) is 60.1 Å². The van der Waals surface area contributed by atoms with Crippen LogP contribution in [0.15, 0.2) is 79.0 Å². The Labute approximate surface area is 184 Å². The zero-order valence-electron chi connectivity index (χ0n) is 16.5. The Morgan fingerprint density at radius 3 is 2.45 bits per heavy atom. The van der Waals surface area contributed by atoms with E-state index >= 15 is 0 Å². The van der Waals surface area contributed by atoms with E-state index < -0.39 is 4.92 Å². The van der Waals surface area contributed by atoms with Crippen LogP contribution in [0.2, 0.25) is 5.02 Å². The highest BCUT2D eigenvalue weighted by Gasteiger charge is 2.21. The summed E-state index contributed by atoms with van der Waals surface area (Å²) in [6, 6.07) is 21.6. The van der Waals surface area contributed by atoms with Gasteiger partial charge in [-0.15, -0.1) is 0 Å². The van der Waals surface area contributed by atoms with Crippen molar-refractivity contribution >= 4 is 34.1 Å². The third-order valence-electron chi connectivity index (χ3n) is 5.29. The van der Waals surface area contributed by atoms with E-state index in [1.807, 2.05) is 54.7 Å². The Balaban J connectivity index is 1.55. The van der Waals surface area contributed by atoms with Crippen molar-refractivity contribution < 1.29 is 9.72 Å². The van der Waals surface area contributed by atoms with Gasteiger partial charge in [-0.25, -0.2) is 0 Å². The molecule has 2 N–H and O–H groups in total. The van der Waals surface area contributed by atoms with Gasteiger partial charge >= 0.3 is 0 Å². The molecule has 31 heavy (non-hydrogen) atoms. The number of carbonyl (C=O) groups excluding carboxylic acids is 1. The van der Waals surface area contributed by atoms with E-state index in [0.29, 0.717) is 17.1 Å². The molecule has 6 nitrogen and oxygen atoms in total. The van der Waals surface area contributed by atoms with Crippen LogP contribution in [0.4, 0.5) is 5.69 Å². The summed E-state index contributed by atoms with van der Waals surface area (Å²) in [5.41, 5.74) is 3.72. The number of benzene rings is 3. The van der Waals surface area contributed by atoms with Gasteiger partial charge in [-0.2, -0.15) is 0 Å². The molecule has 156 valence electrons. The zero-order chi connectivity index (χ0) is 21.8. The largest absolute Gasteiger partial charge is 0.361 e. The molecule has 0 bridgehead atoms. The minimum Gasteiger partial charge on any atom is -0.361 e. The monoisotopic (exact) mass is 433 g/mol. The molecule has 4 rings (SSSR count). The van der Waals surface area contributed by atoms with Gasteiger partial charge in [-0.05, 0) is 28.8 Å². The van der Waals surface area contributed by atoms with E-state index in [4.69, 9.17) is 11.6 Å². The fourth-order valence-electron chi connectivity index (χ4n) is 3.73. The molecule has 3 aromatic carbocycles. The number of aromatic nitrogens is 1. The molecule has 0 aliphatic heterocycles. The lowest BCUT2D eigenvalue weighted by atomic mass is 9.90. The standard InChI is InChI=1S/C24H20ClN3O3/c25-22-7-3-1-5-18(22)20(21-14-26-23-8-4-2-6-19(21)23)15-27-24(29)13-16-9-11-17(12-10-16)28(30)31/h1-12,14,20,26H,13,15H2,(H,27,29).